The third kappa shape index (κ3) is 7.79. The first-order chi connectivity index (χ1) is 22.2. The topological polar surface area (TPSA) is 134 Å². The van der Waals surface area contributed by atoms with Gasteiger partial charge in [0, 0.05) is 11.3 Å². The molecule has 8 nitrogen and oxygen atoms in total. The molecule has 10 heteroatoms. The molecule has 0 amide bonds. The predicted octanol–water partition coefficient (Wildman–Crippen LogP) is 8.40. The molecule has 0 radical (unpaired) electrons. The molecule has 3 aromatic carbocycles. The maximum Gasteiger partial charge on any atom is 0.349 e. The van der Waals surface area contributed by atoms with Gasteiger partial charge in [-0.15, -0.1) is 0 Å². The zero-order chi connectivity index (χ0) is 34.0. The zero-order valence-electron chi connectivity index (χ0n) is 27.2. The Morgan fingerprint density at radius 3 is 2.28 bits per heavy atom. The average Bonchev–Trinajstić information content (AvgIpc) is 3.03. The molecule has 1 aliphatic carbocycles. The smallest absolute Gasteiger partial charge is 0.349 e. The van der Waals surface area contributed by atoms with E-state index in [1.807, 2.05) is 39.0 Å². The molecular weight excluding hydrogens is 635 g/mol. The SMILES string of the molecule is Cc1cc(SC2=C(O)CC(CCc3ccc(O)cc3)(C3CCCCC3)OC2=O)c(C(C)(C)C)cc1OS(=O)(=O)c1ccc(C#N)cc1. The maximum absolute atomic E-state index is 13.8. The number of phenols is 1. The number of aliphatic hydroxyl groups is 1. The van der Waals surface area contributed by atoms with Crippen LogP contribution in [0.3, 0.4) is 0 Å². The van der Waals surface area contributed by atoms with Gasteiger partial charge in [-0.2, -0.15) is 13.7 Å². The van der Waals surface area contributed by atoms with E-state index < -0.39 is 27.1 Å². The van der Waals surface area contributed by atoms with Crippen molar-refractivity contribution in [2.24, 2.45) is 5.92 Å². The molecule has 0 saturated heterocycles. The van der Waals surface area contributed by atoms with Crippen LogP contribution < -0.4 is 4.18 Å². The fourth-order valence-corrected chi connectivity index (χ4v) is 8.69. The van der Waals surface area contributed by atoms with E-state index in [2.05, 4.69) is 0 Å². The van der Waals surface area contributed by atoms with Crippen molar-refractivity contribution < 1.29 is 32.3 Å². The van der Waals surface area contributed by atoms with E-state index in [0.29, 0.717) is 28.9 Å². The third-order valence-electron chi connectivity index (χ3n) is 9.10. The number of hydrogen-bond acceptors (Lipinski definition) is 9. The van der Waals surface area contributed by atoms with Gasteiger partial charge in [0.15, 0.2) is 0 Å². The van der Waals surface area contributed by atoms with Crippen LogP contribution in [0.2, 0.25) is 0 Å². The molecule has 0 spiro atoms. The third-order valence-corrected chi connectivity index (χ3v) is 11.5. The van der Waals surface area contributed by atoms with E-state index in [1.165, 1.54) is 24.3 Å². The number of hydrogen-bond donors (Lipinski definition) is 2. The number of carbonyl (C=O) groups excluding carboxylic acids is 1. The fraction of sp³-hybridized carbons (Fsp3) is 0.405. The monoisotopic (exact) mass is 675 g/mol. The van der Waals surface area contributed by atoms with Crippen LogP contribution in [0.5, 0.6) is 11.5 Å². The second kappa shape index (κ2) is 13.7. The van der Waals surface area contributed by atoms with Crippen molar-refractivity contribution in [3.05, 3.63) is 93.6 Å². The first-order valence-corrected chi connectivity index (χ1v) is 18.1. The molecule has 1 atom stereocenters. The number of esters is 1. The number of ether oxygens (including phenoxy) is 1. The van der Waals surface area contributed by atoms with Crippen molar-refractivity contribution >= 4 is 27.8 Å². The van der Waals surface area contributed by atoms with Gasteiger partial charge in [-0.25, -0.2) is 4.79 Å². The number of aromatic hydroxyl groups is 1. The summed E-state index contributed by atoms with van der Waals surface area (Å²) in [4.78, 5) is 14.6. The Bertz CT molecular complexity index is 1810. The van der Waals surface area contributed by atoms with E-state index in [4.69, 9.17) is 14.2 Å². The van der Waals surface area contributed by atoms with Crippen molar-refractivity contribution in [3.8, 4) is 17.6 Å². The van der Waals surface area contributed by atoms with Crippen LogP contribution in [0.25, 0.3) is 0 Å². The second-order valence-electron chi connectivity index (χ2n) is 13.5. The van der Waals surface area contributed by atoms with Gasteiger partial charge in [0.05, 0.1) is 11.6 Å². The van der Waals surface area contributed by atoms with Gasteiger partial charge in [-0.3, -0.25) is 0 Å². The van der Waals surface area contributed by atoms with Crippen LogP contribution in [0.15, 0.2) is 81.1 Å². The summed E-state index contributed by atoms with van der Waals surface area (Å²) >= 11 is 1.13. The lowest BCUT2D eigenvalue weighted by Gasteiger charge is -2.44. The van der Waals surface area contributed by atoms with Crippen LogP contribution in [0, 0.1) is 24.2 Å². The molecule has 0 bridgehead atoms. The van der Waals surface area contributed by atoms with Gasteiger partial charge in [-0.05, 0) is 109 Å². The summed E-state index contributed by atoms with van der Waals surface area (Å²) in [6, 6.07) is 18.0. The molecule has 2 N–H and O–H groups in total. The Morgan fingerprint density at radius 1 is 1.02 bits per heavy atom. The number of carbonyl (C=O) groups is 1. The number of aryl methyl sites for hydroxylation is 2. The first-order valence-electron chi connectivity index (χ1n) is 15.9. The summed E-state index contributed by atoms with van der Waals surface area (Å²) in [5.41, 5.74) is 1.33. The molecule has 1 heterocycles. The van der Waals surface area contributed by atoms with E-state index >= 15 is 0 Å². The zero-order valence-corrected chi connectivity index (χ0v) is 28.8. The van der Waals surface area contributed by atoms with Crippen LogP contribution in [-0.4, -0.2) is 30.2 Å². The van der Waals surface area contributed by atoms with E-state index in [9.17, 15) is 23.4 Å². The van der Waals surface area contributed by atoms with E-state index in [-0.39, 0.29) is 39.4 Å². The number of cyclic esters (lactones) is 1. The summed E-state index contributed by atoms with van der Waals surface area (Å²) in [7, 11) is -4.18. The highest BCUT2D eigenvalue weighted by Gasteiger charge is 2.48. The van der Waals surface area contributed by atoms with Crippen LogP contribution in [-0.2, 0) is 31.5 Å². The standard InChI is InChI=1S/C37H41NO7S2/c1-24-20-33(30(36(2,3)4)21-32(24)45-47(42,43)29-16-12-26(23-38)13-17-29)46-34-31(40)22-37(44-35(34)41,27-8-6-5-7-9-27)19-18-25-10-14-28(39)15-11-25/h10-17,20-21,27,39-40H,5-9,18-19,22H2,1-4H3. The summed E-state index contributed by atoms with van der Waals surface area (Å²) in [5, 5.41) is 30.3. The largest absolute Gasteiger partial charge is 0.511 e. The maximum atomic E-state index is 13.8. The highest BCUT2D eigenvalue weighted by molar-refractivity contribution is 8.04. The van der Waals surface area contributed by atoms with E-state index in [1.54, 1.807) is 31.2 Å². The van der Waals surface area contributed by atoms with Crippen molar-refractivity contribution in [3.63, 3.8) is 0 Å². The fourth-order valence-electron chi connectivity index (χ4n) is 6.46. The Labute approximate surface area is 281 Å². The lowest BCUT2D eigenvalue weighted by molar-refractivity contribution is -0.168. The average molecular weight is 676 g/mol. The predicted molar refractivity (Wildman–Crippen MR) is 181 cm³/mol. The quantitative estimate of drug-likeness (QED) is 0.169. The number of nitrogens with zero attached hydrogens (tertiary/aromatic N) is 1. The second-order valence-corrected chi connectivity index (χ2v) is 16.1. The van der Waals surface area contributed by atoms with Crippen molar-refractivity contribution in [1.82, 2.24) is 0 Å². The normalized spacial score (nSPS) is 19.3. The molecule has 2 aliphatic rings. The molecule has 47 heavy (non-hydrogen) atoms. The molecule has 1 saturated carbocycles. The van der Waals surface area contributed by atoms with Gasteiger partial charge < -0.3 is 19.1 Å². The molecule has 3 aromatic rings. The molecule has 1 fully saturated rings. The van der Waals surface area contributed by atoms with Gasteiger partial charge in [0.1, 0.15) is 32.7 Å². The Balaban J connectivity index is 1.44. The minimum Gasteiger partial charge on any atom is -0.511 e. The molecule has 248 valence electrons. The lowest BCUT2D eigenvalue weighted by atomic mass is 9.71. The van der Waals surface area contributed by atoms with Gasteiger partial charge >= 0.3 is 16.1 Å². The Kier molecular flexibility index (Phi) is 9.99. The molecule has 1 aliphatic heterocycles. The van der Waals surface area contributed by atoms with Crippen molar-refractivity contribution in [2.45, 2.75) is 99.9 Å². The summed E-state index contributed by atoms with van der Waals surface area (Å²) in [6.07, 6.45) is 6.53. The highest BCUT2D eigenvalue weighted by atomic mass is 32.2. The molecule has 5 rings (SSSR count). The summed E-state index contributed by atoms with van der Waals surface area (Å²) in [5.74, 6) is -0.0778. The molecule has 0 aromatic heterocycles. The Hall–Kier alpha value is -3.94. The van der Waals surface area contributed by atoms with Gasteiger partial charge in [0.25, 0.3) is 0 Å². The Morgan fingerprint density at radius 2 is 1.68 bits per heavy atom. The van der Waals surface area contributed by atoms with Crippen molar-refractivity contribution in [1.29, 1.82) is 5.26 Å². The first kappa shape index (κ1) is 34.4. The number of rotatable bonds is 9. The van der Waals surface area contributed by atoms with Gasteiger partial charge in [-0.1, -0.05) is 63.9 Å². The minimum absolute atomic E-state index is 0.00348. The van der Waals surface area contributed by atoms with Crippen molar-refractivity contribution in [2.75, 3.05) is 0 Å². The van der Waals surface area contributed by atoms with Crippen LogP contribution in [0.1, 0.15) is 88.0 Å². The summed E-state index contributed by atoms with van der Waals surface area (Å²) < 4.78 is 38.2. The van der Waals surface area contributed by atoms with Crippen LogP contribution >= 0.6 is 11.8 Å². The molecular formula is C37H41NO7S2. The lowest BCUT2D eigenvalue weighted by Crippen LogP contribution is -2.47. The van der Waals surface area contributed by atoms with E-state index in [0.717, 1.165) is 55.0 Å². The van der Waals surface area contributed by atoms with Crippen LogP contribution in [0.4, 0.5) is 0 Å². The number of thioether (sulfide) groups is 1. The number of nitriles is 1. The number of phenolic OH excluding ortho intramolecular Hbond substituents is 1. The highest BCUT2D eigenvalue weighted by Crippen LogP contribution is 2.49. The van der Waals surface area contributed by atoms with Gasteiger partial charge in [0.2, 0.25) is 0 Å². The summed E-state index contributed by atoms with van der Waals surface area (Å²) in [6.45, 7) is 7.66. The molecule has 1 unspecified atom stereocenters. The minimum atomic E-state index is -4.18. The number of aliphatic hydroxyl groups excluding tert-OH is 1. The number of benzene rings is 3.